The van der Waals surface area contributed by atoms with E-state index >= 15 is 0 Å². The molecule has 4 atom stereocenters. The zero-order valence-corrected chi connectivity index (χ0v) is 26.4. The van der Waals surface area contributed by atoms with Crippen molar-refractivity contribution in [2.75, 3.05) is 6.54 Å². The number of benzene rings is 3. The molecule has 0 spiro atoms. The van der Waals surface area contributed by atoms with Gasteiger partial charge in [0.25, 0.3) is 0 Å². The Hall–Kier alpha value is -5.41. The molecule has 2 aliphatic carbocycles. The molecule has 1 saturated heterocycles. The zero-order valence-electron chi connectivity index (χ0n) is 26.4. The summed E-state index contributed by atoms with van der Waals surface area (Å²) in [7, 11) is 0. The van der Waals surface area contributed by atoms with Gasteiger partial charge >= 0.3 is 0 Å². The van der Waals surface area contributed by atoms with Crippen molar-refractivity contribution in [3.8, 4) is 17.5 Å². The van der Waals surface area contributed by atoms with Crippen molar-refractivity contribution in [3.05, 3.63) is 106 Å². The molecular weight excluding hydrogens is 611 g/mol. The van der Waals surface area contributed by atoms with Gasteiger partial charge < -0.3 is 21.7 Å². The number of aryl methyl sites for hydroxylation is 2. The lowest BCUT2D eigenvalue weighted by Gasteiger charge is -2.37. The molecule has 12 heteroatoms. The largest absolute Gasteiger partial charge is 0.366 e. The van der Waals surface area contributed by atoms with Crippen molar-refractivity contribution in [1.82, 2.24) is 25.4 Å². The maximum Gasteiger partial charge on any atom is 0.248 e. The zero-order chi connectivity index (χ0) is 33.7. The molecule has 2 heterocycles. The van der Waals surface area contributed by atoms with Crippen LogP contribution in [0.2, 0.25) is 0 Å². The van der Waals surface area contributed by atoms with E-state index in [0.717, 1.165) is 35.1 Å². The molecule has 3 aliphatic rings. The van der Waals surface area contributed by atoms with Gasteiger partial charge in [-0.1, -0.05) is 12.1 Å². The third kappa shape index (κ3) is 5.40. The Bertz CT molecular complexity index is 1920. The Kier molecular flexibility index (Phi) is 7.80. The fraction of sp³-hybridized carbons (Fsp3) is 0.333. The fourth-order valence-electron chi connectivity index (χ4n) is 7.72. The first-order valence-electron chi connectivity index (χ1n) is 16.1. The van der Waals surface area contributed by atoms with Gasteiger partial charge in [-0.15, -0.1) is 0 Å². The van der Waals surface area contributed by atoms with Crippen LogP contribution in [0.3, 0.4) is 0 Å². The SMILES string of the molecule is C[C@H](CC1(c2nc(-c3ccc(F)cc3)n[nH]2)c2ccc(C(N)=O)cc2CCc2cc(C(N)=O)ccc21)NCC(=O)N1C(C#N)C[C@@H]2C[C@@H]21. The molecule has 11 nitrogen and oxygen atoms in total. The molecule has 3 amide bonds. The minimum atomic E-state index is -1.02. The molecule has 244 valence electrons. The highest BCUT2D eigenvalue weighted by atomic mass is 19.1. The third-order valence-electron chi connectivity index (χ3n) is 10.1. The van der Waals surface area contributed by atoms with Crippen LogP contribution in [-0.2, 0) is 23.1 Å². The number of aromatic nitrogens is 3. The lowest BCUT2D eigenvalue weighted by atomic mass is 9.67. The Morgan fingerprint density at radius 1 is 1.02 bits per heavy atom. The molecule has 1 aliphatic heterocycles. The highest BCUT2D eigenvalue weighted by Crippen LogP contribution is 2.49. The number of primary amides is 2. The maximum absolute atomic E-state index is 13.8. The van der Waals surface area contributed by atoms with Crippen LogP contribution >= 0.6 is 0 Å². The third-order valence-corrected chi connectivity index (χ3v) is 10.1. The summed E-state index contributed by atoms with van der Waals surface area (Å²) in [6.07, 6.45) is 3.14. The van der Waals surface area contributed by atoms with Gasteiger partial charge in [-0.05, 0) is 116 Å². The standard InChI is InChI=1S/C36H35FN8O3/c1-19(41-18-31(46)45-27(17-38)14-25-15-30(25)45)16-36(35-42-34(43-44-35)20-4-8-26(37)9-5-20)28-10-6-23(32(39)47)12-21(28)2-3-22-13-24(33(40)48)7-11-29(22)36/h4-13,19,25,27,30,41H,2-3,14-16,18H2,1H3,(H2,39,47)(H2,40,48)(H,42,43,44)/t19-,25-,27?,30+/m1/s1. The summed E-state index contributed by atoms with van der Waals surface area (Å²) in [5.41, 5.74) is 15.2. The lowest BCUT2D eigenvalue weighted by molar-refractivity contribution is -0.131. The van der Waals surface area contributed by atoms with Crippen LogP contribution in [-0.4, -0.2) is 62.5 Å². The van der Waals surface area contributed by atoms with Gasteiger partial charge in [0.15, 0.2) is 5.82 Å². The van der Waals surface area contributed by atoms with E-state index in [9.17, 15) is 24.0 Å². The molecule has 48 heavy (non-hydrogen) atoms. The number of nitrogens with zero attached hydrogens (tertiary/aromatic N) is 4. The van der Waals surface area contributed by atoms with Crippen molar-refractivity contribution >= 4 is 17.7 Å². The normalized spacial score (nSPS) is 20.9. The van der Waals surface area contributed by atoms with Gasteiger partial charge in [0.1, 0.15) is 17.7 Å². The quantitative estimate of drug-likeness (QED) is 0.215. The van der Waals surface area contributed by atoms with Gasteiger partial charge in [-0.2, -0.15) is 10.4 Å². The van der Waals surface area contributed by atoms with Crippen molar-refractivity contribution in [2.45, 2.75) is 62.6 Å². The number of rotatable bonds is 9. The Morgan fingerprint density at radius 3 is 2.23 bits per heavy atom. The summed E-state index contributed by atoms with van der Waals surface area (Å²) in [6.45, 7) is 2.04. The van der Waals surface area contributed by atoms with Crippen molar-refractivity contribution in [1.29, 1.82) is 5.26 Å². The molecule has 1 saturated carbocycles. The summed E-state index contributed by atoms with van der Waals surface area (Å²) in [5.74, 6) is -0.317. The first kappa shape index (κ1) is 31.2. The molecule has 2 fully saturated rings. The van der Waals surface area contributed by atoms with E-state index in [0.29, 0.717) is 53.5 Å². The number of hydrogen-bond donors (Lipinski definition) is 4. The Morgan fingerprint density at radius 2 is 1.65 bits per heavy atom. The summed E-state index contributed by atoms with van der Waals surface area (Å²) in [4.78, 5) is 44.7. The number of hydrogen-bond acceptors (Lipinski definition) is 7. The summed E-state index contributed by atoms with van der Waals surface area (Å²) in [6, 6.07) is 18.4. The van der Waals surface area contributed by atoms with Crippen molar-refractivity contribution in [3.63, 3.8) is 0 Å². The molecule has 0 bridgehead atoms. The number of H-pyrrole nitrogens is 1. The topological polar surface area (TPSA) is 184 Å². The number of halogens is 1. The average Bonchev–Trinajstić information content (AvgIpc) is 3.51. The molecule has 6 N–H and O–H groups in total. The van der Waals surface area contributed by atoms with Crippen LogP contribution in [0, 0.1) is 23.1 Å². The number of carbonyl (C=O) groups is 3. The predicted molar refractivity (Wildman–Crippen MR) is 174 cm³/mol. The Labute approximate surface area is 276 Å². The summed E-state index contributed by atoms with van der Waals surface area (Å²) < 4.78 is 13.8. The van der Waals surface area contributed by atoms with Gasteiger partial charge in [0, 0.05) is 28.8 Å². The Balaban J connectivity index is 1.34. The number of nitrogens with two attached hydrogens (primary N) is 2. The molecule has 1 unspecified atom stereocenters. The van der Waals surface area contributed by atoms with Crippen LogP contribution in [0.5, 0.6) is 0 Å². The highest BCUT2D eigenvalue weighted by Gasteiger charge is 2.54. The van der Waals surface area contributed by atoms with E-state index < -0.39 is 23.3 Å². The maximum atomic E-state index is 13.8. The van der Waals surface area contributed by atoms with Gasteiger partial charge in [-0.25, -0.2) is 9.37 Å². The minimum absolute atomic E-state index is 0.0524. The molecule has 3 aromatic carbocycles. The second-order valence-electron chi connectivity index (χ2n) is 13.1. The monoisotopic (exact) mass is 646 g/mol. The van der Waals surface area contributed by atoms with E-state index in [1.165, 1.54) is 12.1 Å². The van der Waals surface area contributed by atoms with Crippen LogP contribution in [0.15, 0.2) is 60.7 Å². The van der Waals surface area contributed by atoms with Crippen LogP contribution in [0.25, 0.3) is 11.4 Å². The number of fused-ring (bicyclic) bond motifs is 3. The van der Waals surface area contributed by atoms with E-state index in [1.54, 1.807) is 41.3 Å². The second kappa shape index (κ2) is 12.0. The van der Waals surface area contributed by atoms with Gasteiger partial charge in [-0.3, -0.25) is 19.5 Å². The molecule has 4 aromatic rings. The number of carbonyl (C=O) groups excluding carboxylic acids is 3. The summed E-state index contributed by atoms with van der Waals surface area (Å²) in [5, 5.41) is 20.8. The van der Waals surface area contributed by atoms with E-state index in [4.69, 9.17) is 16.5 Å². The van der Waals surface area contributed by atoms with Crippen LogP contribution in [0.1, 0.15) is 75.0 Å². The minimum Gasteiger partial charge on any atom is -0.366 e. The average molecular weight is 647 g/mol. The number of nitriles is 1. The number of nitrogens with one attached hydrogen (secondary N) is 2. The molecular formula is C36H35FN8O3. The number of piperidine rings is 1. The predicted octanol–water partition coefficient (Wildman–Crippen LogP) is 3.12. The van der Waals surface area contributed by atoms with E-state index in [1.807, 2.05) is 19.1 Å². The summed E-state index contributed by atoms with van der Waals surface area (Å²) >= 11 is 0. The number of likely N-dealkylation sites (tertiary alicyclic amines) is 1. The van der Waals surface area contributed by atoms with Crippen LogP contribution < -0.4 is 16.8 Å². The van der Waals surface area contributed by atoms with Crippen molar-refractivity contribution in [2.24, 2.45) is 17.4 Å². The number of amides is 3. The van der Waals surface area contributed by atoms with Crippen molar-refractivity contribution < 1.29 is 18.8 Å². The molecule has 7 rings (SSSR count). The fourth-order valence-corrected chi connectivity index (χ4v) is 7.72. The first-order valence-corrected chi connectivity index (χ1v) is 16.1. The lowest BCUT2D eigenvalue weighted by Crippen LogP contribution is -2.46. The molecule has 0 radical (unpaired) electrons. The smallest absolute Gasteiger partial charge is 0.248 e. The molecule has 1 aromatic heterocycles. The second-order valence-corrected chi connectivity index (χ2v) is 13.1. The van der Waals surface area contributed by atoms with E-state index in [2.05, 4.69) is 21.6 Å². The highest BCUT2D eigenvalue weighted by molar-refractivity contribution is 5.94. The van der Waals surface area contributed by atoms with E-state index in [-0.39, 0.29) is 30.4 Å². The van der Waals surface area contributed by atoms with Gasteiger partial charge in [0.05, 0.1) is 18.0 Å². The first-order chi connectivity index (χ1) is 23.1. The van der Waals surface area contributed by atoms with Gasteiger partial charge in [0.2, 0.25) is 17.7 Å². The van der Waals surface area contributed by atoms with Crippen LogP contribution in [0.4, 0.5) is 4.39 Å². The number of aromatic amines is 1.